The van der Waals surface area contributed by atoms with Crippen molar-refractivity contribution in [2.75, 3.05) is 29.9 Å². The van der Waals surface area contributed by atoms with Gasteiger partial charge in [0, 0.05) is 24.2 Å². The predicted octanol–water partition coefficient (Wildman–Crippen LogP) is 5.91. The van der Waals surface area contributed by atoms with Crippen molar-refractivity contribution in [3.63, 3.8) is 0 Å². The molecule has 1 aliphatic rings. The summed E-state index contributed by atoms with van der Waals surface area (Å²) in [5.41, 5.74) is 7.95. The number of benzene rings is 1. The largest absolute Gasteiger partial charge is 0.363 e. The average molecular weight is 475 g/mol. The third kappa shape index (κ3) is 4.75. The predicted molar refractivity (Wildman–Crippen MR) is 137 cm³/mol. The first-order chi connectivity index (χ1) is 14.9. The molecule has 8 heteroatoms. The Bertz CT molecular complexity index is 1110. The Morgan fingerprint density at radius 1 is 1.22 bits per heavy atom. The highest BCUT2D eigenvalue weighted by molar-refractivity contribution is 7.20. The van der Waals surface area contributed by atoms with Crippen molar-refractivity contribution in [2.24, 2.45) is 16.6 Å². The molecule has 4 rings (SSSR count). The number of fused-ring (bicyclic) bond motifs is 1. The van der Waals surface area contributed by atoms with Gasteiger partial charge in [0.05, 0.1) is 5.02 Å². The maximum atomic E-state index is 6.57. The second-order valence-corrected chi connectivity index (χ2v) is 12.6. The summed E-state index contributed by atoms with van der Waals surface area (Å²) in [5.74, 6) is 0.894. The van der Waals surface area contributed by atoms with Gasteiger partial charge in [-0.05, 0) is 50.1 Å². The Balaban J connectivity index is 1.77. The summed E-state index contributed by atoms with van der Waals surface area (Å²) >= 11 is 8.19. The molecule has 1 atom stereocenters. The number of rotatable bonds is 6. The molecule has 3 heterocycles. The van der Waals surface area contributed by atoms with E-state index in [0.717, 1.165) is 53.1 Å². The van der Waals surface area contributed by atoms with Crippen LogP contribution in [-0.2, 0) is 0 Å². The number of imidazole rings is 1. The summed E-state index contributed by atoms with van der Waals surface area (Å²) in [6.07, 6.45) is 2.08. The van der Waals surface area contributed by atoms with Gasteiger partial charge in [-0.3, -0.25) is 0 Å². The molecule has 0 amide bonds. The lowest BCUT2D eigenvalue weighted by Crippen LogP contribution is -2.36. The molecule has 0 saturated carbocycles. The first kappa shape index (κ1) is 23.3. The van der Waals surface area contributed by atoms with E-state index in [1.807, 2.05) is 28.8 Å². The van der Waals surface area contributed by atoms with E-state index in [1.165, 1.54) is 0 Å². The van der Waals surface area contributed by atoms with Gasteiger partial charge < -0.3 is 16.0 Å². The van der Waals surface area contributed by atoms with Crippen molar-refractivity contribution in [2.45, 2.75) is 59.9 Å². The maximum absolute atomic E-state index is 6.57. The molecule has 1 fully saturated rings. The van der Waals surface area contributed by atoms with E-state index < -0.39 is 0 Å². The molecule has 1 aromatic carbocycles. The lowest BCUT2D eigenvalue weighted by atomic mass is 9.82. The van der Waals surface area contributed by atoms with E-state index in [0.29, 0.717) is 11.6 Å². The zero-order valence-electron chi connectivity index (χ0n) is 20.0. The molecule has 174 valence electrons. The lowest BCUT2D eigenvalue weighted by molar-refractivity contribution is 0.302. The maximum Gasteiger partial charge on any atom is 0.216 e. The number of nitrogens with one attached hydrogen (secondary N) is 1. The highest BCUT2D eigenvalue weighted by atomic mass is 35.5. The molecule has 3 N–H and O–H groups in total. The Kier molecular flexibility index (Phi) is 5.97. The van der Waals surface area contributed by atoms with Crippen LogP contribution in [-0.4, -0.2) is 39.8 Å². The minimum atomic E-state index is -0.153. The third-order valence-corrected chi connectivity index (χ3v) is 7.37. The van der Waals surface area contributed by atoms with E-state index >= 15 is 0 Å². The summed E-state index contributed by atoms with van der Waals surface area (Å²) in [6, 6.07) is 7.87. The van der Waals surface area contributed by atoms with Crippen molar-refractivity contribution >= 4 is 38.8 Å². The third-order valence-electron chi connectivity index (χ3n) is 6.07. The second kappa shape index (κ2) is 8.19. The molecule has 1 unspecified atom stereocenters. The van der Waals surface area contributed by atoms with Gasteiger partial charge >= 0.3 is 0 Å². The number of aromatic nitrogens is 3. The van der Waals surface area contributed by atoms with Crippen LogP contribution in [0.25, 0.3) is 16.2 Å². The molecule has 3 aromatic rings. The Hall–Kier alpha value is -1.83. The molecule has 1 aliphatic heterocycles. The van der Waals surface area contributed by atoms with Crippen molar-refractivity contribution in [3.05, 3.63) is 29.3 Å². The van der Waals surface area contributed by atoms with Crippen molar-refractivity contribution < 1.29 is 0 Å². The van der Waals surface area contributed by atoms with Crippen LogP contribution in [0.1, 0.15) is 54.4 Å². The first-order valence-corrected chi connectivity index (χ1v) is 12.5. The number of halogens is 1. The quantitative estimate of drug-likeness (QED) is 0.464. The summed E-state index contributed by atoms with van der Waals surface area (Å²) in [7, 11) is 0. The molecule has 2 aromatic heterocycles. The highest BCUT2D eigenvalue weighted by Gasteiger charge is 2.35. The average Bonchev–Trinajstić information content (AvgIpc) is 3.35. The summed E-state index contributed by atoms with van der Waals surface area (Å²) in [6.45, 7) is 16.1. The summed E-state index contributed by atoms with van der Waals surface area (Å²) < 4.78 is 1.96. The van der Waals surface area contributed by atoms with Crippen LogP contribution in [0, 0.1) is 10.8 Å². The van der Waals surface area contributed by atoms with Crippen LogP contribution >= 0.6 is 22.9 Å². The zero-order chi connectivity index (χ0) is 23.3. The van der Waals surface area contributed by atoms with Gasteiger partial charge in [0.25, 0.3) is 0 Å². The van der Waals surface area contributed by atoms with Crippen LogP contribution in [0.5, 0.6) is 0 Å². The Labute approximate surface area is 200 Å². The van der Waals surface area contributed by atoms with Gasteiger partial charge in [0.1, 0.15) is 5.69 Å². The minimum Gasteiger partial charge on any atom is -0.363 e. The van der Waals surface area contributed by atoms with E-state index in [2.05, 4.69) is 51.8 Å². The van der Waals surface area contributed by atoms with Crippen molar-refractivity contribution in [1.82, 2.24) is 14.6 Å². The van der Waals surface area contributed by atoms with E-state index in [-0.39, 0.29) is 16.4 Å². The van der Waals surface area contributed by atoms with Crippen LogP contribution in [0.4, 0.5) is 10.9 Å². The molecule has 32 heavy (non-hydrogen) atoms. The van der Waals surface area contributed by atoms with Crippen LogP contribution in [0.3, 0.4) is 0 Å². The lowest BCUT2D eigenvalue weighted by Gasteiger charge is -2.34. The molecule has 0 aliphatic carbocycles. The minimum absolute atomic E-state index is 0.145. The molecule has 0 radical (unpaired) electrons. The Morgan fingerprint density at radius 3 is 2.56 bits per heavy atom. The fourth-order valence-corrected chi connectivity index (χ4v) is 6.01. The molecular formula is C24H35ClN6S. The molecule has 0 spiro atoms. The number of nitrogens with two attached hydrogens (primary N) is 1. The first-order valence-electron chi connectivity index (χ1n) is 11.3. The molecule has 6 nitrogen and oxygen atoms in total. The molecule has 1 saturated heterocycles. The Morgan fingerprint density at radius 2 is 1.94 bits per heavy atom. The van der Waals surface area contributed by atoms with Gasteiger partial charge in [-0.1, -0.05) is 68.8 Å². The van der Waals surface area contributed by atoms with Gasteiger partial charge in [-0.15, -0.1) is 5.10 Å². The monoisotopic (exact) mass is 474 g/mol. The van der Waals surface area contributed by atoms with E-state index in [9.17, 15) is 0 Å². The SMILES string of the molecule is CC(C)(C)CC(C)(C)Nc1c(-c2ccccc2Cl)nc2sc(N3CCC(C)(CN)C3)nn12. The number of anilines is 2. The van der Waals surface area contributed by atoms with Gasteiger partial charge in [-0.2, -0.15) is 4.52 Å². The van der Waals surface area contributed by atoms with Crippen LogP contribution < -0.4 is 16.0 Å². The van der Waals surface area contributed by atoms with Crippen molar-refractivity contribution in [3.8, 4) is 11.3 Å². The smallest absolute Gasteiger partial charge is 0.216 e. The highest BCUT2D eigenvalue weighted by Crippen LogP contribution is 2.40. The zero-order valence-corrected chi connectivity index (χ0v) is 21.6. The molecular weight excluding hydrogens is 440 g/mol. The van der Waals surface area contributed by atoms with Crippen molar-refractivity contribution in [1.29, 1.82) is 0 Å². The standard InChI is InChI=1S/C24H35ClN6S/c1-22(2,3)13-23(4,5)28-19-18(16-9-7-8-10-17(16)25)27-20-31(19)29-21(32-20)30-12-11-24(6,14-26)15-30/h7-10,28H,11-15,26H2,1-6H3. The van der Waals surface area contributed by atoms with Gasteiger partial charge in [-0.25, -0.2) is 4.98 Å². The van der Waals surface area contributed by atoms with Gasteiger partial charge in [0.2, 0.25) is 10.1 Å². The second-order valence-electron chi connectivity index (χ2n) is 11.3. The summed E-state index contributed by atoms with van der Waals surface area (Å²) in [4.78, 5) is 8.20. The van der Waals surface area contributed by atoms with Crippen LogP contribution in [0.15, 0.2) is 24.3 Å². The fourth-order valence-electron chi connectivity index (χ4n) is 4.86. The number of nitrogens with zero attached hydrogens (tertiary/aromatic N) is 4. The van der Waals surface area contributed by atoms with E-state index in [1.54, 1.807) is 11.3 Å². The van der Waals surface area contributed by atoms with Crippen LogP contribution in [0.2, 0.25) is 5.02 Å². The summed E-state index contributed by atoms with van der Waals surface area (Å²) in [5, 5.41) is 10.5. The normalized spacial score (nSPS) is 19.8. The molecule has 0 bridgehead atoms. The van der Waals surface area contributed by atoms with Gasteiger partial charge in [0.15, 0.2) is 5.82 Å². The number of hydrogen-bond acceptors (Lipinski definition) is 6. The topological polar surface area (TPSA) is 71.5 Å². The number of hydrogen-bond donors (Lipinski definition) is 2. The fraction of sp³-hybridized carbons (Fsp3) is 0.583. The van der Waals surface area contributed by atoms with E-state index in [4.69, 9.17) is 27.4 Å².